The summed E-state index contributed by atoms with van der Waals surface area (Å²) < 4.78 is 20.6. The molecule has 7 N–H and O–H groups in total. The zero-order chi connectivity index (χ0) is 34.9. The van der Waals surface area contributed by atoms with Crippen molar-refractivity contribution in [2.75, 3.05) is 18.5 Å². The molecule has 0 saturated carbocycles. The molecule has 47 heavy (non-hydrogen) atoms. The number of hydrogen-bond acceptors (Lipinski definition) is 11. The molecule has 0 aliphatic heterocycles. The third-order valence-electron chi connectivity index (χ3n) is 6.22. The van der Waals surface area contributed by atoms with E-state index in [-0.39, 0.29) is 56.3 Å². The van der Waals surface area contributed by atoms with Crippen molar-refractivity contribution in [1.82, 2.24) is 10.6 Å². The van der Waals surface area contributed by atoms with Crippen molar-refractivity contribution in [3.63, 3.8) is 0 Å². The van der Waals surface area contributed by atoms with E-state index in [0.29, 0.717) is 11.1 Å². The van der Waals surface area contributed by atoms with Gasteiger partial charge < -0.3 is 46.4 Å². The highest BCUT2D eigenvalue weighted by Gasteiger charge is 2.30. The van der Waals surface area contributed by atoms with Crippen LogP contribution in [-0.4, -0.2) is 60.3 Å². The van der Waals surface area contributed by atoms with Gasteiger partial charge in [-0.15, -0.1) is 6.42 Å². The molecule has 5 amide bonds. The molecule has 0 bridgehead atoms. The zero-order valence-electron chi connectivity index (χ0n) is 25.7. The van der Waals surface area contributed by atoms with Crippen LogP contribution in [0.2, 0.25) is 0 Å². The molecule has 0 radical (unpaired) electrons. The summed E-state index contributed by atoms with van der Waals surface area (Å²) in [6, 6.07) is 7.56. The number of nitro groups is 1. The van der Waals surface area contributed by atoms with E-state index < -0.39 is 53.1 Å². The van der Waals surface area contributed by atoms with E-state index in [0.717, 1.165) is 0 Å². The number of anilines is 1. The van der Waals surface area contributed by atoms with Gasteiger partial charge in [0, 0.05) is 24.4 Å². The Hall–Kier alpha value is -5.89. The number of hydrogen-bond donors (Lipinski definition) is 5. The lowest BCUT2D eigenvalue weighted by Gasteiger charge is -2.24. The number of ether oxygens (including phenoxy) is 4. The maximum atomic E-state index is 13.3. The van der Waals surface area contributed by atoms with Crippen LogP contribution < -0.4 is 32.2 Å². The average Bonchev–Trinajstić information content (AvgIpc) is 3.00. The van der Waals surface area contributed by atoms with Gasteiger partial charge in [0.1, 0.15) is 25.0 Å². The SMILES string of the molecule is C#CCOCc1cc(NC(=O)C(CCCNC(N)=O)NC(=O)C(OC(N)=O)C(C)C)ccc1COC(=O)Oc1ccc([N+](=O)[O-])cc1. The molecular weight excluding hydrogens is 620 g/mol. The van der Waals surface area contributed by atoms with E-state index in [4.69, 9.17) is 36.8 Å². The Balaban J connectivity index is 2.19. The standard InChI is InChI=1S/C30H36N6O11/c1-4-14-44-16-20-15-21(8-7-19(20)17-45-30(41)46-23-11-9-22(10-12-23)36(42)43)34-26(37)24(6-5-13-33-28(31)39)35-27(38)25(18(2)3)47-29(32)40/h1,7-12,15,18,24-25H,5-6,13-14,16-17H2,2-3H3,(H2,32,40)(H,34,37)(H,35,38)(H3,31,33,39). The third-order valence-corrected chi connectivity index (χ3v) is 6.22. The number of nitrogens with zero attached hydrogens (tertiary/aromatic N) is 1. The second kappa shape index (κ2) is 18.8. The number of non-ortho nitro benzene ring substituents is 1. The van der Waals surface area contributed by atoms with Crippen LogP contribution in [0.3, 0.4) is 0 Å². The van der Waals surface area contributed by atoms with Crippen LogP contribution in [0.4, 0.5) is 25.8 Å². The number of terminal acetylenes is 1. The fraction of sp³-hybridized carbons (Fsp3) is 0.367. The lowest BCUT2D eigenvalue weighted by atomic mass is 10.0. The summed E-state index contributed by atoms with van der Waals surface area (Å²) in [4.78, 5) is 71.1. The van der Waals surface area contributed by atoms with Crippen molar-refractivity contribution >= 4 is 41.5 Å². The Morgan fingerprint density at radius 2 is 1.70 bits per heavy atom. The Bertz CT molecular complexity index is 1470. The number of amides is 5. The number of nitro benzene ring substituents is 1. The Labute approximate surface area is 269 Å². The first kappa shape index (κ1) is 37.3. The molecular formula is C30H36N6O11. The second-order valence-electron chi connectivity index (χ2n) is 10.2. The minimum atomic E-state index is -1.27. The van der Waals surface area contributed by atoms with Gasteiger partial charge >= 0.3 is 18.3 Å². The summed E-state index contributed by atoms with van der Waals surface area (Å²) in [5.74, 6) is 0.515. The van der Waals surface area contributed by atoms with Crippen LogP contribution in [0.5, 0.6) is 5.75 Å². The number of nitrogens with one attached hydrogen (secondary N) is 3. The fourth-order valence-corrected chi connectivity index (χ4v) is 3.98. The topological polar surface area (TPSA) is 254 Å². The number of carbonyl (C=O) groups excluding carboxylic acids is 5. The number of rotatable bonds is 17. The molecule has 252 valence electrons. The Kier molecular flexibility index (Phi) is 14.9. The number of urea groups is 1. The van der Waals surface area contributed by atoms with Crippen molar-refractivity contribution in [3.8, 4) is 18.1 Å². The van der Waals surface area contributed by atoms with Crippen LogP contribution in [0, 0.1) is 28.4 Å². The van der Waals surface area contributed by atoms with Gasteiger partial charge in [0.2, 0.25) is 5.91 Å². The van der Waals surface area contributed by atoms with Crippen LogP contribution in [-0.2, 0) is 37.0 Å². The van der Waals surface area contributed by atoms with Crippen molar-refractivity contribution in [3.05, 3.63) is 63.7 Å². The lowest BCUT2D eigenvalue weighted by Crippen LogP contribution is -2.50. The van der Waals surface area contributed by atoms with Crippen molar-refractivity contribution in [2.45, 2.75) is 52.0 Å². The van der Waals surface area contributed by atoms with Gasteiger partial charge in [-0.1, -0.05) is 25.8 Å². The second-order valence-corrected chi connectivity index (χ2v) is 10.2. The molecule has 2 atom stereocenters. The van der Waals surface area contributed by atoms with Crippen molar-refractivity contribution < 1.29 is 47.8 Å². The van der Waals surface area contributed by atoms with Gasteiger partial charge in [0.25, 0.3) is 11.6 Å². The Morgan fingerprint density at radius 3 is 2.30 bits per heavy atom. The summed E-state index contributed by atoms with van der Waals surface area (Å²) in [6.45, 7) is 3.06. The first-order chi connectivity index (χ1) is 22.3. The largest absolute Gasteiger partial charge is 0.514 e. The Morgan fingerprint density at radius 1 is 1.00 bits per heavy atom. The highest BCUT2D eigenvalue weighted by atomic mass is 16.7. The van der Waals surface area contributed by atoms with E-state index in [9.17, 15) is 34.1 Å². The maximum Gasteiger partial charge on any atom is 0.514 e. The quantitative estimate of drug-likeness (QED) is 0.0413. The minimum Gasteiger partial charge on any atom is -0.436 e. The van der Waals surface area contributed by atoms with Crippen LogP contribution >= 0.6 is 0 Å². The van der Waals surface area contributed by atoms with Gasteiger partial charge in [-0.3, -0.25) is 19.7 Å². The molecule has 17 nitrogen and oxygen atoms in total. The number of benzene rings is 2. The molecule has 0 aromatic heterocycles. The molecule has 0 aliphatic carbocycles. The van der Waals surface area contributed by atoms with Gasteiger partial charge in [-0.2, -0.15) is 0 Å². The highest BCUT2D eigenvalue weighted by Crippen LogP contribution is 2.21. The predicted octanol–water partition coefficient (Wildman–Crippen LogP) is 2.45. The van der Waals surface area contributed by atoms with Crippen LogP contribution in [0.1, 0.15) is 37.8 Å². The zero-order valence-corrected chi connectivity index (χ0v) is 25.7. The first-order valence-corrected chi connectivity index (χ1v) is 14.1. The third kappa shape index (κ3) is 13.3. The molecule has 2 unspecified atom stereocenters. The van der Waals surface area contributed by atoms with Gasteiger partial charge in [0.05, 0.1) is 11.5 Å². The first-order valence-electron chi connectivity index (χ1n) is 14.1. The van der Waals surface area contributed by atoms with Gasteiger partial charge in [-0.05, 0) is 54.2 Å². The van der Waals surface area contributed by atoms with Gasteiger partial charge in [-0.25, -0.2) is 14.4 Å². The molecule has 0 fully saturated rings. The summed E-state index contributed by atoms with van der Waals surface area (Å²) in [5.41, 5.74) is 11.3. The normalized spacial score (nSPS) is 11.7. The summed E-state index contributed by atoms with van der Waals surface area (Å²) in [5, 5.41) is 18.5. The summed E-state index contributed by atoms with van der Waals surface area (Å²) in [7, 11) is 0. The maximum absolute atomic E-state index is 13.3. The molecule has 2 aromatic rings. The molecule has 0 spiro atoms. The molecule has 2 rings (SSSR count). The highest BCUT2D eigenvalue weighted by molar-refractivity contribution is 5.98. The van der Waals surface area contributed by atoms with E-state index in [1.807, 2.05) is 0 Å². The van der Waals surface area contributed by atoms with Crippen LogP contribution in [0.25, 0.3) is 0 Å². The number of nitrogens with two attached hydrogens (primary N) is 2. The van der Waals surface area contributed by atoms with Gasteiger partial charge in [0.15, 0.2) is 6.10 Å². The molecule has 0 saturated heterocycles. The minimum absolute atomic E-state index is 0.0243. The van der Waals surface area contributed by atoms with E-state index in [2.05, 4.69) is 21.9 Å². The smallest absolute Gasteiger partial charge is 0.436 e. The van der Waals surface area contributed by atoms with E-state index in [1.54, 1.807) is 26.0 Å². The van der Waals surface area contributed by atoms with E-state index in [1.165, 1.54) is 30.3 Å². The number of primary amides is 2. The molecule has 0 aliphatic rings. The lowest BCUT2D eigenvalue weighted by molar-refractivity contribution is -0.384. The van der Waals surface area contributed by atoms with E-state index >= 15 is 0 Å². The van der Waals surface area contributed by atoms with Crippen molar-refractivity contribution in [1.29, 1.82) is 0 Å². The monoisotopic (exact) mass is 656 g/mol. The number of carbonyl (C=O) groups is 5. The predicted molar refractivity (Wildman–Crippen MR) is 166 cm³/mol. The summed E-state index contributed by atoms with van der Waals surface area (Å²) >= 11 is 0. The molecule has 2 aromatic carbocycles. The van der Waals surface area contributed by atoms with Crippen LogP contribution in [0.15, 0.2) is 42.5 Å². The molecule has 17 heteroatoms. The molecule has 0 heterocycles. The van der Waals surface area contributed by atoms with Crippen molar-refractivity contribution in [2.24, 2.45) is 17.4 Å². The summed E-state index contributed by atoms with van der Waals surface area (Å²) in [6.07, 6.45) is 2.10. The fourth-order valence-electron chi connectivity index (χ4n) is 3.98. The average molecular weight is 657 g/mol.